The minimum absolute atomic E-state index is 0.0843. The normalized spacial score (nSPS) is 10.2. The van der Waals surface area contributed by atoms with Crippen LogP contribution < -0.4 is 10.1 Å². The van der Waals surface area contributed by atoms with Crippen molar-refractivity contribution in [1.82, 2.24) is 4.98 Å². The monoisotopic (exact) mass is 322 g/mol. The predicted molar refractivity (Wildman–Crippen MR) is 86.2 cm³/mol. The molecule has 0 fully saturated rings. The molecule has 0 unspecified atom stereocenters. The number of carbonyl (C=O) groups excluding carboxylic acids is 1. The molecular weight excluding hydrogens is 308 g/mol. The molecule has 2 rings (SSSR count). The number of benzene rings is 1. The van der Waals surface area contributed by atoms with Gasteiger partial charge in [-0.25, -0.2) is 4.98 Å². The highest BCUT2D eigenvalue weighted by atomic mass is 35.5. The molecule has 0 radical (unpaired) electrons. The molecule has 0 aliphatic heterocycles. The summed E-state index contributed by atoms with van der Waals surface area (Å²) < 4.78 is 5.19. The second kappa shape index (κ2) is 7.90. The van der Waals surface area contributed by atoms with E-state index in [1.54, 1.807) is 43.3 Å². The van der Waals surface area contributed by atoms with E-state index < -0.39 is 0 Å². The molecule has 6 heteroatoms. The van der Waals surface area contributed by atoms with Crippen LogP contribution in [0.25, 0.3) is 0 Å². The SMILES string of the molecule is COc1ccc(Cl)cc1NC(=O)CCSc1ccccn1. The van der Waals surface area contributed by atoms with Gasteiger partial charge in [-0.3, -0.25) is 4.79 Å². The number of hydrogen-bond acceptors (Lipinski definition) is 4. The molecule has 110 valence electrons. The van der Waals surface area contributed by atoms with Crippen molar-refractivity contribution in [2.24, 2.45) is 0 Å². The number of amides is 1. The summed E-state index contributed by atoms with van der Waals surface area (Å²) in [7, 11) is 1.55. The van der Waals surface area contributed by atoms with Crippen molar-refractivity contribution in [3.8, 4) is 5.75 Å². The van der Waals surface area contributed by atoms with Crippen LogP contribution in [0.15, 0.2) is 47.6 Å². The van der Waals surface area contributed by atoms with Crippen LogP contribution in [0.1, 0.15) is 6.42 Å². The Morgan fingerprint density at radius 2 is 2.24 bits per heavy atom. The molecule has 1 amide bonds. The summed E-state index contributed by atoms with van der Waals surface area (Å²) in [4.78, 5) is 16.1. The Kier molecular flexibility index (Phi) is 5.90. The molecule has 1 N–H and O–H groups in total. The van der Waals surface area contributed by atoms with Crippen LogP contribution in [0.2, 0.25) is 5.02 Å². The van der Waals surface area contributed by atoms with Gasteiger partial charge in [-0.15, -0.1) is 11.8 Å². The highest BCUT2D eigenvalue weighted by molar-refractivity contribution is 7.99. The predicted octanol–water partition coefficient (Wildman–Crippen LogP) is 3.86. The highest BCUT2D eigenvalue weighted by Gasteiger charge is 2.08. The van der Waals surface area contributed by atoms with E-state index in [9.17, 15) is 4.79 Å². The Balaban J connectivity index is 1.86. The lowest BCUT2D eigenvalue weighted by atomic mass is 10.3. The smallest absolute Gasteiger partial charge is 0.225 e. The number of carbonyl (C=O) groups is 1. The van der Waals surface area contributed by atoms with Crippen molar-refractivity contribution in [3.63, 3.8) is 0 Å². The van der Waals surface area contributed by atoms with E-state index in [2.05, 4.69) is 10.3 Å². The maximum atomic E-state index is 11.9. The number of hydrogen-bond donors (Lipinski definition) is 1. The third-order valence-electron chi connectivity index (χ3n) is 2.65. The Morgan fingerprint density at radius 3 is 2.95 bits per heavy atom. The van der Waals surface area contributed by atoms with Crippen molar-refractivity contribution in [3.05, 3.63) is 47.6 Å². The molecular formula is C15H15ClN2O2S. The van der Waals surface area contributed by atoms with Gasteiger partial charge < -0.3 is 10.1 Å². The van der Waals surface area contributed by atoms with Crippen molar-refractivity contribution >= 4 is 35.0 Å². The number of nitrogens with one attached hydrogen (secondary N) is 1. The summed E-state index contributed by atoms with van der Waals surface area (Å²) >= 11 is 7.47. The molecule has 0 saturated heterocycles. The molecule has 21 heavy (non-hydrogen) atoms. The van der Waals surface area contributed by atoms with Crippen molar-refractivity contribution in [1.29, 1.82) is 0 Å². The molecule has 0 spiro atoms. The molecule has 4 nitrogen and oxygen atoms in total. The Bertz CT molecular complexity index is 608. The Labute approximate surface area is 132 Å². The fraction of sp³-hybridized carbons (Fsp3) is 0.200. The fourth-order valence-corrected chi connectivity index (χ4v) is 2.65. The summed E-state index contributed by atoms with van der Waals surface area (Å²) in [5.74, 6) is 1.16. The van der Waals surface area contributed by atoms with E-state index in [0.717, 1.165) is 5.03 Å². The Morgan fingerprint density at radius 1 is 1.38 bits per heavy atom. The van der Waals surface area contributed by atoms with Gasteiger partial charge in [0.1, 0.15) is 5.75 Å². The number of ether oxygens (including phenoxy) is 1. The first-order chi connectivity index (χ1) is 10.2. The molecule has 0 saturated carbocycles. The molecule has 1 heterocycles. The Hall–Kier alpha value is -1.72. The molecule has 0 bridgehead atoms. The van der Waals surface area contributed by atoms with Crippen LogP contribution in [-0.2, 0) is 4.79 Å². The van der Waals surface area contributed by atoms with E-state index in [1.807, 2.05) is 18.2 Å². The number of rotatable bonds is 6. The van der Waals surface area contributed by atoms with Crippen LogP contribution in [0.5, 0.6) is 5.75 Å². The summed E-state index contributed by atoms with van der Waals surface area (Å²) in [5, 5.41) is 4.26. The second-order valence-electron chi connectivity index (χ2n) is 4.16. The second-order valence-corrected chi connectivity index (χ2v) is 5.71. The van der Waals surface area contributed by atoms with Gasteiger partial charge in [-0.05, 0) is 30.3 Å². The lowest BCUT2D eigenvalue weighted by Gasteiger charge is -2.10. The van der Waals surface area contributed by atoms with Gasteiger partial charge in [0, 0.05) is 23.4 Å². The average Bonchev–Trinajstić information content (AvgIpc) is 2.48. The molecule has 0 atom stereocenters. The molecule has 1 aromatic heterocycles. The number of thioether (sulfide) groups is 1. The summed E-state index contributed by atoms with van der Waals surface area (Å²) in [6.45, 7) is 0. The maximum absolute atomic E-state index is 11.9. The van der Waals surface area contributed by atoms with Gasteiger partial charge in [0.05, 0.1) is 17.8 Å². The van der Waals surface area contributed by atoms with Gasteiger partial charge in [0.15, 0.2) is 0 Å². The van der Waals surface area contributed by atoms with Gasteiger partial charge in [-0.2, -0.15) is 0 Å². The van der Waals surface area contributed by atoms with Crippen LogP contribution in [0, 0.1) is 0 Å². The summed E-state index contributed by atoms with van der Waals surface area (Å²) in [6, 6.07) is 10.8. The lowest BCUT2D eigenvalue weighted by molar-refractivity contribution is -0.115. The number of halogens is 1. The minimum atomic E-state index is -0.0843. The van der Waals surface area contributed by atoms with E-state index in [0.29, 0.717) is 28.6 Å². The van der Waals surface area contributed by atoms with E-state index in [-0.39, 0.29) is 5.91 Å². The first-order valence-electron chi connectivity index (χ1n) is 6.36. The summed E-state index contributed by atoms with van der Waals surface area (Å²) in [5.41, 5.74) is 0.581. The average molecular weight is 323 g/mol. The zero-order chi connectivity index (χ0) is 15.1. The largest absolute Gasteiger partial charge is 0.495 e. The van der Waals surface area contributed by atoms with Crippen LogP contribution in [0.4, 0.5) is 5.69 Å². The van der Waals surface area contributed by atoms with Gasteiger partial charge in [0.25, 0.3) is 0 Å². The first kappa shape index (κ1) is 15.7. The molecule has 0 aliphatic carbocycles. The van der Waals surface area contributed by atoms with E-state index >= 15 is 0 Å². The maximum Gasteiger partial charge on any atom is 0.225 e. The van der Waals surface area contributed by atoms with Crippen LogP contribution in [-0.4, -0.2) is 23.8 Å². The topological polar surface area (TPSA) is 51.2 Å². The van der Waals surface area contributed by atoms with Gasteiger partial charge in [0.2, 0.25) is 5.91 Å². The van der Waals surface area contributed by atoms with Crippen molar-refractivity contribution < 1.29 is 9.53 Å². The number of pyridine rings is 1. The fourth-order valence-electron chi connectivity index (χ4n) is 1.67. The van der Waals surface area contributed by atoms with Crippen LogP contribution >= 0.6 is 23.4 Å². The van der Waals surface area contributed by atoms with Gasteiger partial charge >= 0.3 is 0 Å². The zero-order valence-electron chi connectivity index (χ0n) is 11.5. The quantitative estimate of drug-likeness (QED) is 0.820. The van der Waals surface area contributed by atoms with Crippen LogP contribution in [0.3, 0.4) is 0 Å². The standard InChI is InChI=1S/C15H15ClN2O2S/c1-20-13-6-5-11(16)10-12(13)18-14(19)7-9-21-15-4-2-3-8-17-15/h2-6,8,10H,7,9H2,1H3,(H,18,19). The number of methoxy groups -OCH3 is 1. The van der Waals surface area contributed by atoms with E-state index in [1.165, 1.54) is 0 Å². The zero-order valence-corrected chi connectivity index (χ0v) is 13.1. The molecule has 2 aromatic rings. The van der Waals surface area contributed by atoms with Crippen molar-refractivity contribution in [2.45, 2.75) is 11.4 Å². The third kappa shape index (κ3) is 4.95. The highest BCUT2D eigenvalue weighted by Crippen LogP contribution is 2.27. The number of aromatic nitrogens is 1. The third-order valence-corrected chi connectivity index (χ3v) is 3.83. The number of anilines is 1. The molecule has 1 aromatic carbocycles. The minimum Gasteiger partial charge on any atom is -0.495 e. The lowest BCUT2D eigenvalue weighted by Crippen LogP contribution is -2.13. The van der Waals surface area contributed by atoms with E-state index in [4.69, 9.17) is 16.3 Å². The summed E-state index contributed by atoms with van der Waals surface area (Å²) in [6.07, 6.45) is 2.12. The van der Waals surface area contributed by atoms with Gasteiger partial charge in [-0.1, -0.05) is 17.7 Å². The van der Waals surface area contributed by atoms with Crippen molar-refractivity contribution in [2.75, 3.05) is 18.2 Å². The molecule has 0 aliphatic rings. The first-order valence-corrected chi connectivity index (χ1v) is 7.72. The number of nitrogens with zero attached hydrogens (tertiary/aromatic N) is 1.